The van der Waals surface area contributed by atoms with Crippen molar-refractivity contribution in [2.45, 2.75) is 31.9 Å². The molecule has 1 aromatic carbocycles. The van der Waals surface area contributed by atoms with Gasteiger partial charge in [-0.15, -0.1) is 0 Å². The molecule has 3 heteroatoms. The van der Waals surface area contributed by atoms with Gasteiger partial charge in [0.25, 0.3) is 0 Å². The Morgan fingerprint density at radius 3 is 2.56 bits per heavy atom. The van der Waals surface area contributed by atoms with E-state index >= 15 is 0 Å². The summed E-state index contributed by atoms with van der Waals surface area (Å²) in [5, 5.41) is 0. The normalized spacial score (nSPS) is 13.6. The molecule has 0 saturated heterocycles. The molecule has 0 aliphatic heterocycles. The highest BCUT2D eigenvalue weighted by Gasteiger charge is 2.21. The fourth-order valence-electron chi connectivity index (χ4n) is 1.60. The third kappa shape index (κ3) is 3.51. The highest BCUT2D eigenvalue weighted by molar-refractivity contribution is 5.30. The first kappa shape index (κ1) is 13.0. The van der Waals surface area contributed by atoms with Crippen molar-refractivity contribution < 1.29 is 9.47 Å². The van der Waals surface area contributed by atoms with Crippen molar-refractivity contribution in [2.75, 3.05) is 14.2 Å². The number of ether oxygens (including phenoxy) is 2. The van der Waals surface area contributed by atoms with Gasteiger partial charge in [0.1, 0.15) is 5.75 Å². The molecule has 1 atom stereocenters. The molecule has 2 N–H and O–H groups in total. The van der Waals surface area contributed by atoms with E-state index in [2.05, 4.69) is 0 Å². The zero-order chi connectivity index (χ0) is 12.2. The lowest BCUT2D eigenvalue weighted by molar-refractivity contribution is 0.00994. The van der Waals surface area contributed by atoms with Gasteiger partial charge in [-0.25, -0.2) is 0 Å². The molecular formula is C13H21NO2. The van der Waals surface area contributed by atoms with Crippen LogP contribution in [0, 0.1) is 0 Å². The maximum absolute atomic E-state index is 6.14. The molecular weight excluding hydrogens is 202 g/mol. The van der Waals surface area contributed by atoms with Crippen molar-refractivity contribution in [2.24, 2.45) is 5.73 Å². The van der Waals surface area contributed by atoms with Crippen LogP contribution in [-0.2, 0) is 4.74 Å². The van der Waals surface area contributed by atoms with Crippen molar-refractivity contribution in [3.63, 3.8) is 0 Å². The smallest absolute Gasteiger partial charge is 0.119 e. The van der Waals surface area contributed by atoms with Crippen LogP contribution in [0.3, 0.4) is 0 Å². The van der Waals surface area contributed by atoms with Crippen molar-refractivity contribution in [1.82, 2.24) is 0 Å². The summed E-state index contributed by atoms with van der Waals surface area (Å²) >= 11 is 0. The molecule has 1 unspecified atom stereocenters. The third-order valence-electron chi connectivity index (χ3n) is 2.79. The van der Waals surface area contributed by atoms with Crippen molar-refractivity contribution in [1.29, 1.82) is 0 Å². The molecule has 1 rings (SSSR count). The fraction of sp³-hybridized carbons (Fsp3) is 0.538. The van der Waals surface area contributed by atoms with Gasteiger partial charge in [0.15, 0.2) is 0 Å². The van der Waals surface area contributed by atoms with Gasteiger partial charge in [-0.3, -0.25) is 0 Å². The van der Waals surface area contributed by atoms with E-state index in [0.717, 1.165) is 17.7 Å². The Hall–Kier alpha value is -1.06. The summed E-state index contributed by atoms with van der Waals surface area (Å²) in [6.07, 6.45) is 0.774. The minimum absolute atomic E-state index is 0.0370. The zero-order valence-electron chi connectivity index (χ0n) is 10.5. The third-order valence-corrected chi connectivity index (χ3v) is 2.79. The predicted molar refractivity (Wildman–Crippen MR) is 65.6 cm³/mol. The summed E-state index contributed by atoms with van der Waals surface area (Å²) in [7, 11) is 3.36. The molecule has 0 aromatic heterocycles. The molecule has 0 spiro atoms. The standard InChI is InChI=1S/C13H21NO2/c1-13(2,16-4)9-12(14)10-6-5-7-11(8-10)15-3/h5-8,12H,9,14H2,1-4H3. The first-order valence-corrected chi connectivity index (χ1v) is 5.43. The van der Waals surface area contributed by atoms with E-state index in [1.165, 1.54) is 0 Å². The number of rotatable bonds is 5. The lowest BCUT2D eigenvalue weighted by atomic mass is 9.94. The number of benzene rings is 1. The van der Waals surface area contributed by atoms with Crippen LogP contribution in [0.15, 0.2) is 24.3 Å². The van der Waals surface area contributed by atoms with E-state index in [1.807, 2.05) is 38.1 Å². The van der Waals surface area contributed by atoms with Gasteiger partial charge in [0.2, 0.25) is 0 Å². The van der Waals surface area contributed by atoms with E-state index in [4.69, 9.17) is 15.2 Å². The summed E-state index contributed by atoms with van der Waals surface area (Å²) in [5.74, 6) is 0.836. The van der Waals surface area contributed by atoms with E-state index < -0.39 is 0 Å². The van der Waals surface area contributed by atoms with Gasteiger partial charge < -0.3 is 15.2 Å². The van der Waals surface area contributed by atoms with Gasteiger partial charge in [-0.1, -0.05) is 12.1 Å². The maximum atomic E-state index is 6.14. The van der Waals surface area contributed by atoms with Crippen molar-refractivity contribution in [3.05, 3.63) is 29.8 Å². The average Bonchev–Trinajstić information content (AvgIpc) is 2.28. The highest BCUT2D eigenvalue weighted by Crippen LogP contribution is 2.26. The quantitative estimate of drug-likeness (QED) is 0.834. The topological polar surface area (TPSA) is 44.5 Å². The van der Waals surface area contributed by atoms with Gasteiger partial charge in [-0.05, 0) is 38.0 Å². The Balaban J connectivity index is 2.76. The van der Waals surface area contributed by atoms with Gasteiger partial charge in [-0.2, -0.15) is 0 Å². The lowest BCUT2D eigenvalue weighted by Gasteiger charge is -2.26. The van der Waals surface area contributed by atoms with Crippen LogP contribution >= 0.6 is 0 Å². The van der Waals surface area contributed by atoms with E-state index in [1.54, 1.807) is 14.2 Å². The molecule has 0 amide bonds. The molecule has 0 saturated carbocycles. The number of hydrogen-bond donors (Lipinski definition) is 1. The maximum Gasteiger partial charge on any atom is 0.119 e. The number of hydrogen-bond acceptors (Lipinski definition) is 3. The van der Waals surface area contributed by atoms with Crippen LogP contribution in [0.25, 0.3) is 0 Å². The summed E-state index contributed by atoms with van der Waals surface area (Å²) in [6.45, 7) is 4.07. The molecule has 0 aliphatic carbocycles. The zero-order valence-corrected chi connectivity index (χ0v) is 10.5. The highest BCUT2D eigenvalue weighted by atomic mass is 16.5. The van der Waals surface area contributed by atoms with Gasteiger partial charge in [0.05, 0.1) is 12.7 Å². The molecule has 0 aliphatic rings. The second kappa shape index (κ2) is 5.32. The van der Waals surface area contributed by atoms with Crippen LogP contribution < -0.4 is 10.5 Å². The molecule has 0 radical (unpaired) electrons. The average molecular weight is 223 g/mol. The summed E-state index contributed by atoms with van der Waals surface area (Å²) in [6, 6.07) is 7.81. The molecule has 0 heterocycles. The van der Waals surface area contributed by atoms with E-state index in [9.17, 15) is 0 Å². The van der Waals surface area contributed by atoms with Crippen LogP contribution in [0.2, 0.25) is 0 Å². The van der Waals surface area contributed by atoms with Gasteiger partial charge >= 0.3 is 0 Å². The Labute approximate surface area is 97.6 Å². The van der Waals surface area contributed by atoms with Crippen LogP contribution in [0.4, 0.5) is 0 Å². The predicted octanol–water partition coefficient (Wildman–Crippen LogP) is 2.51. The first-order chi connectivity index (χ1) is 7.48. The lowest BCUT2D eigenvalue weighted by Crippen LogP contribution is -2.28. The summed E-state index contributed by atoms with van der Waals surface area (Å²) in [4.78, 5) is 0. The molecule has 0 fully saturated rings. The summed E-state index contributed by atoms with van der Waals surface area (Å²) < 4.78 is 10.5. The Bertz CT molecular complexity index is 336. The second-order valence-electron chi connectivity index (χ2n) is 4.55. The second-order valence-corrected chi connectivity index (χ2v) is 4.55. The number of nitrogens with two attached hydrogens (primary N) is 1. The Kier molecular flexibility index (Phi) is 4.33. The van der Waals surface area contributed by atoms with Crippen molar-refractivity contribution in [3.8, 4) is 5.75 Å². The Morgan fingerprint density at radius 2 is 2.00 bits per heavy atom. The molecule has 0 bridgehead atoms. The monoisotopic (exact) mass is 223 g/mol. The molecule has 3 nitrogen and oxygen atoms in total. The minimum atomic E-state index is -0.206. The molecule has 1 aromatic rings. The Morgan fingerprint density at radius 1 is 1.31 bits per heavy atom. The number of methoxy groups -OCH3 is 2. The minimum Gasteiger partial charge on any atom is -0.497 e. The summed E-state index contributed by atoms with van der Waals surface area (Å²) in [5.41, 5.74) is 7.01. The van der Waals surface area contributed by atoms with Crippen LogP contribution in [0.5, 0.6) is 5.75 Å². The first-order valence-electron chi connectivity index (χ1n) is 5.43. The fourth-order valence-corrected chi connectivity index (χ4v) is 1.60. The van der Waals surface area contributed by atoms with E-state index in [-0.39, 0.29) is 11.6 Å². The van der Waals surface area contributed by atoms with E-state index in [0.29, 0.717) is 0 Å². The molecule has 90 valence electrons. The largest absolute Gasteiger partial charge is 0.497 e. The van der Waals surface area contributed by atoms with Gasteiger partial charge in [0, 0.05) is 13.2 Å². The SMILES string of the molecule is COc1cccc(C(N)CC(C)(C)OC)c1. The van der Waals surface area contributed by atoms with Crippen LogP contribution in [-0.4, -0.2) is 19.8 Å². The molecule has 16 heavy (non-hydrogen) atoms. The van der Waals surface area contributed by atoms with Crippen molar-refractivity contribution >= 4 is 0 Å². The van der Waals surface area contributed by atoms with Crippen LogP contribution in [0.1, 0.15) is 31.9 Å².